The van der Waals surface area contributed by atoms with Crippen LogP contribution in [0.1, 0.15) is 32.6 Å². The zero-order valence-corrected chi connectivity index (χ0v) is 12.0. The van der Waals surface area contributed by atoms with Gasteiger partial charge in [0.2, 0.25) is 0 Å². The van der Waals surface area contributed by atoms with Crippen LogP contribution in [0.3, 0.4) is 0 Å². The molecule has 3 unspecified atom stereocenters. The highest BCUT2D eigenvalue weighted by Gasteiger charge is 2.30. The minimum Gasteiger partial charge on any atom is -0.466 e. The van der Waals surface area contributed by atoms with E-state index in [4.69, 9.17) is 4.74 Å². The summed E-state index contributed by atoms with van der Waals surface area (Å²) in [5.41, 5.74) is 0. The van der Waals surface area contributed by atoms with Crippen molar-refractivity contribution in [1.82, 2.24) is 5.32 Å². The minimum atomic E-state index is -3.02. The summed E-state index contributed by atoms with van der Waals surface area (Å²) in [5, 5.41) is 4.60. The van der Waals surface area contributed by atoms with Crippen LogP contribution in [-0.4, -0.2) is 38.8 Å². The van der Waals surface area contributed by atoms with Crippen molar-refractivity contribution < 1.29 is 17.9 Å². The molecule has 1 aliphatic heterocycles. The highest BCUT2D eigenvalue weighted by Crippen LogP contribution is 2.26. The van der Waals surface area contributed by atoms with E-state index in [0.29, 0.717) is 6.61 Å². The van der Waals surface area contributed by atoms with E-state index >= 15 is 0 Å². The molecular formula is C13H21NO4S. The molecule has 0 radical (unpaired) electrons. The van der Waals surface area contributed by atoms with Crippen molar-refractivity contribution in [2.24, 2.45) is 5.92 Å². The normalized spacial score (nSPS) is 33.2. The van der Waals surface area contributed by atoms with Gasteiger partial charge in [-0.15, -0.1) is 0 Å². The van der Waals surface area contributed by atoms with Crippen LogP contribution in [0, 0.1) is 5.92 Å². The number of sulfone groups is 1. The van der Waals surface area contributed by atoms with Crippen LogP contribution >= 0.6 is 0 Å². The molecule has 0 amide bonds. The summed E-state index contributed by atoms with van der Waals surface area (Å²) in [4.78, 5) is 11.7. The zero-order valence-electron chi connectivity index (χ0n) is 11.2. The van der Waals surface area contributed by atoms with Gasteiger partial charge in [0.15, 0.2) is 9.84 Å². The second-order valence-corrected chi connectivity index (χ2v) is 7.17. The van der Waals surface area contributed by atoms with Crippen LogP contribution in [0.25, 0.3) is 0 Å². The molecule has 2 rings (SSSR count). The van der Waals surface area contributed by atoms with E-state index in [-0.39, 0.29) is 29.7 Å². The molecule has 0 aromatic rings. The second-order valence-electron chi connectivity index (χ2n) is 5.24. The van der Waals surface area contributed by atoms with E-state index in [1.54, 1.807) is 6.08 Å². The van der Waals surface area contributed by atoms with Gasteiger partial charge in [0.1, 0.15) is 0 Å². The van der Waals surface area contributed by atoms with Crippen molar-refractivity contribution in [2.75, 3.05) is 12.4 Å². The molecule has 0 bridgehead atoms. The smallest absolute Gasteiger partial charge is 0.308 e. The van der Waals surface area contributed by atoms with Gasteiger partial charge in [0, 0.05) is 17.5 Å². The van der Waals surface area contributed by atoms with Gasteiger partial charge >= 0.3 is 5.97 Å². The van der Waals surface area contributed by atoms with E-state index in [9.17, 15) is 13.2 Å². The lowest BCUT2D eigenvalue weighted by molar-refractivity contribution is -0.149. The van der Waals surface area contributed by atoms with Gasteiger partial charge in [-0.2, -0.15) is 0 Å². The molecule has 108 valence electrons. The Morgan fingerprint density at radius 1 is 1.42 bits per heavy atom. The van der Waals surface area contributed by atoms with Crippen molar-refractivity contribution in [1.29, 1.82) is 0 Å². The molecule has 1 fully saturated rings. The van der Waals surface area contributed by atoms with E-state index in [2.05, 4.69) is 5.32 Å². The van der Waals surface area contributed by atoms with Gasteiger partial charge in [-0.05, 0) is 26.2 Å². The Morgan fingerprint density at radius 3 is 2.84 bits per heavy atom. The van der Waals surface area contributed by atoms with Gasteiger partial charge in [0.05, 0.1) is 18.3 Å². The summed E-state index contributed by atoms with van der Waals surface area (Å²) in [5.74, 6) is -0.0371. The van der Waals surface area contributed by atoms with Crippen molar-refractivity contribution in [3.63, 3.8) is 0 Å². The second kappa shape index (κ2) is 6.05. The molecule has 3 atom stereocenters. The van der Waals surface area contributed by atoms with Gasteiger partial charge in [-0.1, -0.05) is 12.5 Å². The third-order valence-electron chi connectivity index (χ3n) is 3.67. The molecule has 1 N–H and O–H groups in total. The average Bonchev–Trinajstić information content (AvgIpc) is 2.69. The van der Waals surface area contributed by atoms with E-state index < -0.39 is 9.84 Å². The maximum absolute atomic E-state index is 11.7. The fourth-order valence-electron chi connectivity index (χ4n) is 2.80. The summed E-state index contributed by atoms with van der Waals surface area (Å²) >= 11 is 0. The van der Waals surface area contributed by atoms with Gasteiger partial charge in [-0.25, -0.2) is 8.42 Å². The molecule has 0 aromatic heterocycles. The Balaban J connectivity index is 1.85. The largest absolute Gasteiger partial charge is 0.466 e. The maximum Gasteiger partial charge on any atom is 0.308 e. The maximum atomic E-state index is 11.7. The molecule has 1 aliphatic carbocycles. The summed E-state index contributed by atoms with van der Waals surface area (Å²) in [7, 11) is -3.02. The molecule has 6 heteroatoms. The predicted octanol–water partition coefficient (Wildman–Crippen LogP) is 1.01. The predicted molar refractivity (Wildman–Crippen MR) is 72.2 cm³/mol. The van der Waals surface area contributed by atoms with Crippen LogP contribution in [0.15, 0.2) is 11.5 Å². The molecule has 1 saturated carbocycles. The van der Waals surface area contributed by atoms with Gasteiger partial charge in [-0.3, -0.25) is 4.79 Å². The lowest BCUT2D eigenvalue weighted by Crippen LogP contribution is -2.43. The first-order valence-electron chi connectivity index (χ1n) is 6.84. The Kier molecular flexibility index (Phi) is 4.62. The zero-order chi connectivity index (χ0) is 13.9. The minimum absolute atomic E-state index is 0.0480. The third-order valence-corrected chi connectivity index (χ3v) is 5.07. The van der Waals surface area contributed by atoms with E-state index in [0.717, 1.165) is 25.7 Å². The monoisotopic (exact) mass is 287 g/mol. The Bertz CT molecular complexity index is 457. The highest BCUT2D eigenvalue weighted by atomic mass is 32.2. The summed E-state index contributed by atoms with van der Waals surface area (Å²) < 4.78 is 27.7. The van der Waals surface area contributed by atoms with Crippen LogP contribution in [-0.2, 0) is 19.4 Å². The van der Waals surface area contributed by atoms with Crippen molar-refractivity contribution in [3.8, 4) is 0 Å². The van der Waals surface area contributed by atoms with Crippen LogP contribution < -0.4 is 5.32 Å². The third kappa shape index (κ3) is 4.04. The molecule has 0 saturated heterocycles. The van der Waals surface area contributed by atoms with E-state index in [1.165, 1.54) is 5.41 Å². The quantitative estimate of drug-likeness (QED) is 0.781. The number of rotatable bonds is 4. The first-order valence-corrected chi connectivity index (χ1v) is 8.55. The first kappa shape index (κ1) is 14.5. The Labute approximate surface area is 114 Å². The Hall–Kier alpha value is -0.880. The van der Waals surface area contributed by atoms with Gasteiger partial charge in [0.25, 0.3) is 0 Å². The fourth-order valence-corrected chi connectivity index (χ4v) is 4.05. The lowest BCUT2D eigenvalue weighted by Gasteiger charge is -2.30. The van der Waals surface area contributed by atoms with Gasteiger partial charge < -0.3 is 10.1 Å². The number of carbonyl (C=O) groups is 1. The summed E-state index contributed by atoms with van der Waals surface area (Å²) in [6, 6.07) is 0.0852. The first-order chi connectivity index (χ1) is 9.00. The number of esters is 1. The molecular weight excluding hydrogens is 266 g/mol. The standard InChI is InChI=1S/C13H21NO4S/c1-2-18-13(15)10-4-3-5-11(8-10)14-12-6-7-19(16,17)9-12/h6-7,10-12,14H,2-5,8-9H2,1H3. The molecule has 0 aromatic carbocycles. The van der Waals surface area contributed by atoms with Crippen LogP contribution in [0.2, 0.25) is 0 Å². The fraction of sp³-hybridized carbons (Fsp3) is 0.769. The number of nitrogens with one attached hydrogen (secondary N) is 1. The molecule has 19 heavy (non-hydrogen) atoms. The summed E-state index contributed by atoms with van der Waals surface area (Å²) in [6.45, 7) is 2.22. The molecule has 5 nitrogen and oxygen atoms in total. The topological polar surface area (TPSA) is 72.5 Å². The van der Waals surface area contributed by atoms with Crippen molar-refractivity contribution >= 4 is 15.8 Å². The van der Waals surface area contributed by atoms with Crippen molar-refractivity contribution in [2.45, 2.75) is 44.7 Å². The summed E-state index contributed by atoms with van der Waals surface area (Å²) in [6.07, 6.45) is 5.27. The molecule has 2 aliphatic rings. The lowest BCUT2D eigenvalue weighted by atomic mass is 9.85. The number of hydrogen-bond acceptors (Lipinski definition) is 5. The number of ether oxygens (including phenoxy) is 1. The SMILES string of the molecule is CCOC(=O)C1CCCC(NC2C=CS(=O)(=O)C2)C1. The molecule has 1 heterocycles. The van der Waals surface area contributed by atoms with Crippen LogP contribution in [0.5, 0.6) is 0 Å². The average molecular weight is 287 g/mol. The number of carbonyl (C=O) groups excluding carboxylic acids is 1. The molecule has 0 spiro atoms. The van der Waals surface area contributed by atoms with Crippen molar-refractivity contribution in [3.05, 3.63) is 11.5 Å². The van der Waals surface area contributed by atoms with E-state index in [1.807, 2.05) is 6.92 Å². The van der Waals surface area contributed by atoms with Crippen LogP contribution in [0.4, 0.5) is 0 Å². The highest BCUT2D eigenvalue weighted by molar-refractivity contribution is 7.94. The number of hydrogen-bond donors (Lipinski definition) is 1. The Morgan fingerprint density at radius 2 is 2.21 bits per heavy atom.